The van der Waals surface area contributed by atoms with Crippen molar-refractivity contribution in [1.82, 2.24) is 0 Å². The number of hydrogen-bond acceptors (Lipinski definition) is 1. The van der Waals surface area contributed by atoms with Crippen LogP contribution in [0.25, 0.3) is 0 Å². The van der Waals surface area contributed by atoms with E-state index in [9.17, 15) is 0 Å². The highest BCUT2D eigenvalue weighted by Gasteiger charge is 2.03. The van der Waals surface area contributed by atoms with E-state index in [2.05, 4.69) is 10.3 Å². The Kier molecular flexibility index (Phi) is 4.04. The summed E-state index contributed by atoms with van der Waals surface area (Å²) in [7, 11) is 0. The second kappa shape index (κ2) is 5.93. The zero-order valence-corrected chi connectivity index (χ0v) is 10.5. The Morgan fingerprint density at radius 2 is 1.50 bits per heavy atom. The molecule has 0 spiro atoms. The Labute approximate surface area is 111 Å². The molecule has 0 bridgehead atoms. The average molecular weight is 255 g/mol. The Hall–Kier alpha value is -2.20. The van der Waals surface area contributed by atoms with Gasteiger partial charge in [0.05, 0.1) is 0 Å². The number of nitrogens with one attached hydrogen (secondary N) is 1. The van der Waals surface area contributed by atoms with Gasteiger partial charge >= 0.3 is 0 Å². The zero-order valence-electron chi connectivity index (χ0n) is 9.71. The number of thiocarbonyl (C=S) groups is 1. The van der Waals surface area contributed by atoms with Crippen molar-refractivity contribution in [2.75, 3.05) is 5.32 Å². The van der Waals surface area contributed by atoms with Crippen LogP contribution in [0, 0.1) is 0 Å². The molecule has 90 valence electrons. The number of hydrogen-bond donors (Lipinski definition) is 2. The van der Waals surface area contributed by atoms with Gasteiger partial charge in [-0.2, -0.15) is 0 Å². The average Bonchev–Trinajstić information content (AvgIpc) is 2.40. The lowest BCUT2D eigenvalue weighted by molar-refractivity contribution is 1.52. The third kappa shape index (κ3) is 3.40. The molecule has 0 heterocycles. The smallest absolute Gasteiger partial charge is 0.192 e. The molecule has 0 atom stereocenters. The third-order valence-electron chi connectivity index (χ3n) is 2.31. The van der Waals surface area contributed by atoms with Gasteiger partial charge in [-0.15, -0.1) is 0 Å². The van der Waals surface area contributed by atoms with E-state index >= 15 is 0 Å². The van der Waals surface area contributed by atoms with Crippen molar-refractivity contribution in [2.45, 2.75) is 0 Å². The molecule has 0 unspecified atom stereocenters. The van der Waals surface area contributed by atoms with Crippen LogP contribution in [0.15, 0.2) is 65.7 Å². The SMILES string of the molecule is NC(=S)N=C(Nc1ccccc1)c1ccccc1. The summed E-state index contributed by atoms with van der Waals surface area (Å²) in [6.45, 7) is 0. The van der Waals surface area contributed by atoms with Crippen molar-refractivity contribution < 1.29 is 0 Å². The van der Waals surface area contributed by atoms with Gasteiger partial charge in [0, 0.05) is 11.3 Å². The van der Waals surface area contributed by atoms with E-state index in [1.54, 1.807) is 0 Å². The number of nitrogens with two attached hydrogens (primary N) is 1. The number of nitrogens with zero attached hydrogens (tertiary/aromatic N) is 1. The number of benzene rings is 2. The standard InChI is InChI=1S/C14H13N3S/c15-14(18)17-13(11-7-3-1-4-8-11)16-12-9-5-2-6-10-12/h1-10H,(H3,15,16,17,18). The number of para-hydroxylation sites is 1. The number of amidine groups is 1. The van der Waals surface area contributed by atoms with Crippen LogP contribution in [0.4, 0.5) is 5.69 Å². The molecule has 2 aromatic carbocycles. The van der Waals surface area contributed by atoms with Gasteiger partial charge < -0.3 is 11.1 Å². The summed E-state index contributed by atoms with van der Waals surface area (Å²) in [4.78, 5) is 4.16. The maximum Gasteiger partial charge on any atom is 0.192 e. The van der Waals surface area contributed by atoms with Crippen LogP contribution in [0.2, 0.25) is 0 Å². The van der Waals surface area contributed by atoms with Gasteiger partial charge in [0.15, 0.2) is 5.11 Å². The summed E-state index contributed by atoms with van der Waals surface area (Å²) in [5, 5.41) is 3.32. The predicted molar refractivity (Wildman–Crippen MR) is 79.8 cm³/mol. The highest BCUT2D eigenvalue weighted by Crippen LogP contribution is 2.09. The fourth-order valence-corrected chi connectivity index (χ4v) is 1.62. The second-order valence-corrected chi connectivity index (χ2v) is 4.07. The lowest BCUT2D eigenvalue weighted by Crippen LogP contribution is -2.18. The monoisotopic (exact) mass is 255 g/mol. The molecule has 0 aliphatic heterocycles. The van der Waals surface area contributed by atoms with Crippen molar-refractivity contribution in [3.05, 3.63) is 66.2 Å². The minimum atomic E-state index is 0.109. The summed E-state index contributed by atoms with van der Waals surface area (Å²) in [6.07, 6.45) is 0. The molecule has 0 saturated heterocycles. The first-order valence-electron chi connectivity index (χ1n) is 5.51. The lowest BCUT2D eigenvalue weighted by atomic mass is 10.2. The first kappa shape index (κ1) is 12.3. The van der Waals surface area contributed by atoms with Crippen LogP contribution < -0.4 is 11.1 Å². The Morgan fingerprint density at radius 1 is 0.944 bits per heavy atom. The van der Waals surface area contributed by atoms with E-state index in [-0.39, 0.29) is 5.11 Å². The van der Waals surface area contributed by atoms with Crippen LogP contribution in [0.1, 0.15) is 5.56 Å². The second-order valence-electron chi connectivity index (χ2n) is 3.66. The highest BCUT2D eigenvalue weighted by molar-refractivity contribution is 7.80. The van der Waals surface area contributed by atoms with Gasteiger partial charge in [0.1, 0.15) is 5.84 Å². The van der Waals surface area contributed by atoms with E-state index in [0.29, 0.717) is 5.84 Å². The molecule has 0 amide bonds. The predicted octanol–water partition coefficient (Wildman–Crippen LogP) is 2.79. The van der Waals surface area contributed by atoms with Gasteiger partial charge in [0.25, 0.3) is 0 Å². The van der Waals surface area contributed by atoms with Gasteiger partial charge in [-0.1, -0.05) is 48.5 Å². The lowest BCUT2D eigenvalue weighted by Gasteiger charge is -2.09. The molecule has 2 aromatic rings. The summed E-state index contributed by atoms with van der Waals surface area (Å²) >= 11 is 4.84. The third-order valence-corrected chi connectivity index (χ3v) is 2.40. The number of anilines is 1. The van der Waals surface area contributed by atoms with Gasteiger partial charge in [-0.3, -0.25) is 0 Å². The van der Waals surface area contributed by atoms with E-state index in [1.165, 1.54) is 0 Å². The first-order valence-corrected chi connectivity index (χ1v) is 5.92. The van der Waals surface area contributed by atoms with Crippen molar-refractivity contribution >= 4 is 28.9 Å². The molecule has 3 nitrogen and oxygen atoms in total. The van der Waals surface area contributed by atoms with Crippen LogP contribution in [-0.4, -0.2) is 10.9 Å². The van der Waals surface area contributed by atoms with Gasteiger partial charge in [-0.05, 0) is 24.4 Å². The van der Waals surface area contributed by atoms with Crippen LogP contribution >= 0.6 is 12.2 Å². The molecule has 3 N–H and O–H groups in total. The fourth-order valence-electron chi connectivity index (χ4n) is 1.53. The molecule has 0 aromatic heterocycles. The van der Waals surface area contributed by atoms with E-state index in [4.69, 9.17) is 18.0 Å². The molecular weight excluding hydrogens is 242 g/mol. The topological polar surface area (TPSA) is 50.4 Å². The van der Waals surface area contributed by atoms with Gasteiger partial charge in [0.2, 0.25) is 0 Å². The Bertz CT molecular complexity index is 550. The van der Waals surface area contributed by atoms with Crippen molar-refractivity contribution in [3.63, 3.8) is 0 Å². The maximum absolute atomic E-state index is 5.49. The number of rotatable bonds is 2. The minimum absolute atomic E-state index is 0.109. The molecule has 0 saturated carbocycles. The largest absolute Gasteiger partial charge is 0.374 e. The molecule has 0 aliphatic carbocycles. The van der Waals surface area contributed by atoms with Crippen molar-refractivity contribution in [2.24, 2.45) is 10.7 Å². The van der Waals surface area contributed by atoms with E-state index in [0.717, 1.165) is 11.3 Å². The van der Waals surface area contributed by atoms with Gasteiger partial charge in [-0.25, -0.2) is 4.99 Å². The van der Waals surface area contributed by atoms with Crippen molar-refractivity contribution in [1.29, 1.82) is 0 Å². The Morgan fingerprint density at radius 3 is 2.06 bits per heavy atom. The van der Waals surface area contributed by atoms with E-state index < -0.39 is 0 Å². The first-order chi connectivity index (χ1) is 8.75. The summed E-state index contributed by atoms with van der Waals surface area (Å²) in [5.74, 6) is 0.648. The molecule has 18 heavy (non-hydrogen) atoms. The molecular formula is C14H13N3S. The minimum Gasteiger partial charge on any atom is -0.374 e. The zero-order chi connectivity index (χ0) is 12.8. The summed E-state index contributed by atoms with van der Waals surface area (Å²) < 4.78 is 0. The van der Waals surface area contributed by atoms with Crippen LogP contribution in [0.3, 0.4) is 0 Å². The van der Waals surface area contributed by atoms with E-state index in [1.807, 2.05) is 60.7 Å². The molecule has 0 fully saturated rings. The normalized spacial score (nSPS) is 11.0. The number of aliphatic imine (C=N–C) groups is 1. The van der Waals surface area contributed by atoms with Crippen LogP contribution in [0.5, 0.6) is 0 Å². The Balaban J connectivity index is 2.31. The molecule has 4 heteroatoms. The van der Waals surface area contributed by atoms with Crippen molar-refractivity contribution in [3.8, 4) is 0 Å². The molecule has 0 radical (unpaired) electrons. The fraction of sp³-hybridized carbons (Fsp3) is 0. The van der Waals surface area contributed by atoms with Crippen LogP contribution in [-0.2, 0) is 0 Å². The maximum atomic E-state index is 5.49. The molecule has 0 aliphatic rings. The summed E-state index contributed by atoms with van der Waals surface area (Å²) in [5.41, 5.74) is 7.37. The highest BCUT2D eigenvalue weighted by atomic mass is 32.1. The molecule has 2 rings (SSSR count). The summed E-state index contributed by atoms with van der Waals surface area (Å²) in [6, 6.07) is 19.5. The quantitative estimate of drug-likeness (QED) is 0.493.